The van der Waals surface area contributed by atoms with Gasteiger partial charge in [0.25, 0.3) is 5.91 Å². The smallest absolute Gasteiger partial charge is 0.270 e. The predicted molar refractivity (Wildman–Crippen MR) is 96.7 cm³/mol. The molecule has 1 saturated heterocycles. The van der Waals surface area contributed by atoms with Gasteiger partial charge in [-0.15, -0.1) is 0 Å². The number of aromatic nitrogens is 5. The largest absolute Gasteiger partial charge is 0.349 e. The molecule has 8 nitrogen and oxygen atoms in total. The van der Waals surface area contributed by atoms with Gasteiger partial charge in [-0.25, -0.2) is 15.0 Å². The maximum atomic E-state index is 12.9. The topological polar surface area (TPSA) is 80.9 Å². The molecule has 1 aliphatic rings. The van der Waals surface area contributed by atoms with Crippen LogP contribution in [0.1, 0.15) is 22.1 Å². The number of anilines is 1. The minimum Gasteiger partial charge on any atom is -0.349 e. The summed E-state index contributed by atoms with van der Waals surface area (Å²) >= 11 is 0. The van der Waals surface area contributed by atoms with Gasteiger partial charge < -0.3 is 19.4 Å². The van der Waals surface area contributed by atoms with E-state index in [0.29, 0.717) is 24.7 Å². The second kappa shape index (κ2) is 6.62. The fourth-order valence-corrected chi connectivity index (χ4v) is 3.42. The molecule has 134 valence electrons. The maximum Gasteiger partial charge on any atom is 0.270 e. The quantitative estimate of drug-likeness (QED) is 0.766. The molecule has 1 aliphatic heterocycles. The highest BCUT2D eigenvalue weighted by molar-refractivity contribution is 5.93. The van der Waals surface area contributed by atoms with Crippen LogP contribution in [-0.2, 0) is 14.1 Å². The first-order valence-corrected chi connectivity index (χ1v) is 8.54. The van der Waals surface area contributed by atoms with E-state index in [9.17, 15) is 4.79 Å². The number of aryl methyl sites for hydroxylation is 2. The molecule has 0 unspecified atom stereocenters. The number of likely N-dealkylation sites (tertiary alicyclic amines) is 1. The van der Waals surface area contributed by atoms with Crippen LogP contribution in [0.5, 0.6) is 0 Å². The van der Waals surface area contributed by atoms with Gasteiger partial charge in [-0.1, -0.05) is 0 Å². The van der Waals surface area contributed by atoms with Crippen molar-refractivity contribution in [3.63, 3.8) is 0 Å². The highest BCUT2D eigenvalue weighted by Gasteiger charge is 2.38. The number of imidazole rings is 1. The molecule has 4 heterocycles. The van der Waals surface area contributed by atoms with E-state index < -0.39 is 0 Å². The Morgan fingerprint density at radius 3 is 2.62 bits per heavy atom. The van der Waals surface area contributed by atoms with E-state index in [1.54, 1.807) is 24.8 Å². The van der Waals surface area contributed by atoms with Crippen molar-refractivity contribution in [2.24, 2.45) is 14.1 Å². The van der Waals surface area contributed by atoms with Crippen molar-refractivity contribution in [3.05, 3.63) is 60.7 Å². The summed E-state index contributed by atoms with van der Waals surface area (Å²) in [6.07, 6.45) is 9.07. The van der Waals surface area contributed by atoms with E-state index in [4.69, 9.17) is 0 Å². The lowest BCUT2D eigenvalue weighted by atomic mass is 10.0. The van der Waals surface area contributed by atoms with E-state index in [-0.39, 0.29) is 17.9 Å². The molecule has 1 N–H and O–H groups in total. The number of carbonyl (C=O) groups excluding carboxylic acids is 1. The summed E-state index contributed by atoms with van der Waals surface area (Å²) in [6, 6.07) is 5.50. The first kappa shape index (κ1) is 16.3. The fourth-order valence-electron chi connectivity index (χ4n) is 3.42. The van der Waals surface area contributed by atoms with Gasteiger partial charge in [-0.05, 0) is 18.2 Å². The van der Waals surface area contributed by atoms with Crippen molar-refractivity contribution in [3.8, 4) is 0 Å². The zero-order valence-corrected chi connectivity index (χ0v) is 14.8. The SMILES string of the molecule is Cn1cnc([C@@H]2CN(C(=O)c3cccn3C)C[C@H]2Nc2ncccn2)c1. The zero-order valence-electron chi connectivity index (χ0n) is 14.8. The molecule has 26 heavy (non-hydrogen) atoms. The molecule has 3 aromatic heterocycles. The van der Waals surface area contributed by atoms with E-state index in [2.05, 4.69) is 20.3 Å². The van der Waals surface area contributed by atoms with Gasteiger partial charge in [-0.3, -0.25) is 4.79 Å². The normalized spacial score (nSPS) is 19.7. The van der Waals surface area contributed by atoms with E-state index >= 15 is 0 Å². The van der Waals surface area contributed by atoms with Crippen molar-refractivity contribution in [1.29, 1.82) is 0 Å². The minimum absolute atomic E-state index is 0.00322. The van der Waals surface area contributed by atoms with Gasteiger partial charge in [0.15, 0.2) is 0 Å². The Labute approximate surface area is 151 Å². The van der Waals surface area contributed by atoms with Crippen LogP contribution in [0, 0.1) is 0 Å². The summed E-state index contributed by atoms with van der Waals surface area (Å²) in [4.78, 5) is 27.8. The van der Waals surface area contributed by atoms with Crippen LogP contribution in [0.4, 0.5) is 5.95 Å². The number of carbonyl (C=O) groups is 1. The molecule has 3 aromatic rings. The Morgan fingerprint density at radius 2 is 1.96 bits per heavy atom. The van der Waals surface area contributed by atoms with Crippen LogP contribution in [0.15, 0.2) is 49.3 Å². The summed E-state index contributed by atoms with van der Waals surface area (Å²) in [5.74, 6) is 0.660. The Kier molecular flexibility index (Phi) is 4.16. The molecule has 8 heteroatoms. The number of nitrogens with one attached hydrogen (secondary N) is 1. The summed E-state index contributed by atoms with van der Waals surface area (Å²) in [5.41, 5.74) is 1.64. The minimum atomic E-state index is -0.00322. The first-order valence-electron chi connectivity index (χ1n) is 8.54. The van der Waals surface area contributed by atoms with Crippen LogP contribution < -0.4 is 5.32 Å². The van der Waals surface area contributed by atoms with Crippen molar-refractivity contribution in [1.82, 2.24) is 29.0 Å². The number of hydrogen-bond acceptors (Lipinski definition) is 5. The molecule has 0 aliphatic carbocycles. The second-order valence-corrected chi connectivity index (χ2v) is 6.61. The standard InChI is InChI=1S/C18H21N7O/c1-23-10-14(21-12-23)13-9-25(17(26)16-5-3-8-24(16)2)11-15(13)22-18-19-6-4-7-20-18/h3-8,10,12-13,15H,9,11H2,1-2H3,(H,19,20,22)/t13-,15+/m0/s1. The van der Waals surface area contributed by atoms with Crippen molar-refractivity contribution < 1.29 is 4.79 Å². The van der Waals surface area contributed by atoms with Crippen molar-refractivity contribution in [2.75, 3.05) is 18.4 Å². The molecular formula is C18H21N7O. The first-order chi connectivity index (χ1) is 12.6. The molecule has 0 bridgehead atoms. The van der Waals surface area contributed by atoms with E-state index in [1.165, 1.54) is 0 Å². The number of rotatable bonds is 4. The van der Waals surface area contributed by atoms with Crippen molar-refractivity contribution >= 4 is 11.9 Å². The van der Waals surface area contributed by atoms with Gasteiger partial charge in [0, 0.05) is 57.9 Å². The number of nitrogens with zero attached hydrogens (tertiary/aromatic N) is 6. The summed E-state index contributed by atoms with van der Waals surface area (Å²) in [5, 5.41) is 3.37. The lowest BCUT2D eigenvalue weighted by molar-refractivity contribution is 0.0780. The van der Waals surface area contributed by atoms with Gasteiger partial charge in [-0.2, -0.15) is 0 Å². The Balaban J connectivity index is 1.60. The Bertz CT molecular complexity index is 901. The zero-order chi connectivity index (χ0) is 18.1. The molecule has 0 radical (unpaired) electrons. The Morgan fingerprint density at radius 1 is 1.15 bits per heavy atom. The highest BCUT2D eigenvalue weighted by Crippen LogP contribution is 2.29. The van der Waals surface area contributed by atoms with Crippen LogP contribution >= 0.6 is 0 Å². The molecule has 2 atom stereocenters. The van der Waals surface area contributed by atoms with Crippen LogP contribution in [0.2, 0.25) is 0 Å². The molecule has 0 aromatic carbocycles. The van der Waals surface area contributed by atoms with Gasteiger partial charge in [0.2, 0.25) is 5.95 Å². The summed E-state index contributed by atoms with van der Waals surface area (Å²) in [6.45, 7) is 1.18. The molecule has 0 spiro atoms. The van der Waals surface area contributed by atoms with E-state index in [1.807, 2.05) is 52.7 Å². The summed E-state index contributed by atoms with van der Waals surface area (Å²) in [7, 11) is 3.83. The van der Waals surface area contributed by atoms with Gasteiger partial charge >= 0.3 is 0 Å². The Hall–Kier alpha value is -3.16. The molecule has 0 saturated carbocycles. The number of hydrogen-bond donors (Lipinski definition) is 1. The maximum absolute atomic E-state index is 12.9. The third-order valence-corrected chi connectivity index (χ3v) is 4.75. The second-order valence-electron chi connectivity index (χ2n) is 6.61. The van der Waals surface area contributed by atoms with Crippen LogP contribution in [-0.4, -0.2) is 54.0 Å². The van der Waals surface area contributed by atoms with Crippen LogP contribution in [0.25, 0.3) is 0 Å². The molecule has 1 fully saturated rings. The lowest BCUT2D eigenvalue weighted by Gasteiger charge is -2.18. The van der Waals surface area contributed by atoms with Gasteiger partial charge in [0.1, 0.15) is 5.69 Å². The summed E-state index contributed by atoms with van der Waals surface area (Å²) < 4.78 is 3.77. The highest BCUT2D eigenvalue weighted by atomic mass is 16.2. The van der Waals surface area contributed by atoms with Gasteiger partial charge in [0.05, 0.1) is 18.1 Å². The lowest BCUT2D eigenvalue weighted by Crippen LogP contribution is -2.33. The van der Waals surface area contributed by atoms with E-state index in [0.717, 1.165) is 5.69 Å². The third-order valence-electron chi connectivity index (χ3n) is 4.75. The average Bonchev–Trinajstić information content (AvgIpc) is 3.35. The monoisotopic (exact) mass is 351 g/mol. The molecule has 1 amide bonds. The fraction of sp³-hybridized carbons (Fsp3) is 0.333. The molecular weight excluding hydrogens is 330 g/mol. The average molecular weight is 351 g/mol. The predicted octanol–water partition coefficient (Wildman–Crippen LogP) is 1.27. The third kappa shape index (κ3) is 3.05. The molecule has 4 rings (SSSR count). The van der Waals surface area contributed by atoms with Crippen molar-refractivity contribution in [2.45, 2.75) is 12.0 Å². The number of amides is 1. The van der Waals surface area contributed by atoms with Crippen LogP contribution in [0.3, 0.4) is 0 Å².